The average Bonchev–Trinajstić information content (AvgIpc) is 2.46. The SMILES string of the molecule is C[Si](C)(C)O[Si](C)(C)c1csc(B(O)O)c1. The van der Waals surface area contributed by atoms with Crippen molar-refractivity contribution >= 4 is 45.1 Å². The zero-order valence-electron chi connectivity index (χ0n) is 10.4. The van der Waals surface area contributed by atoms with Gasteiger partial charge in [0.15, 0.2) is 8.32 Å². The molecule has 0 amide bonds. The summed E-state index contributed by atoms with van der Waals surface area (Å²) in [5.74, 6) is 0. The summed E-state index contributed by atoms with van der Waals surface area (Å²) in [6, 6.07) is 1.86. The van der Waals surface area contributed by atoms with Crippen LogP contribution in [0.25, 0.3) is 0 Å². The van der Waals surface area contributed by atoms with E-state index in [9.17, 15) is 0 Å². The van der Waals surface area contributed by atoms with Gasteiger partial charge in [-0.05, 0) is 43.3 Å². The van der Waals surface area contributed by atoms with Gasteiger partial charge in [-0.1, -0.05) is 6.07 Å². The monoisotopic (exact) mass is 274 g/mol. The molecule has 0 aliphatic heterocycles. The molecule has 0 aliphatic rings. The van der Waals surface area contributed by atoms with E-state index < -0.39 is 23.8 Å². The van der Waals surface area contributed by atoms with Crippen molar-refractivity contribution in [1.29, 1.82) is 0 Å². The van der Waals surface area contributed by atoms with Crippen molar-refractivity contribution in [3.8, 4) is 0 Å². The zero-order valence-corrected chi connectivity index (χ0v) is 13.3. The van der Waals surface area contributed by atoms with Gasteiger partial charge in [0.25, 0.3) is 0 Å². The Labute approximate surface area is 103 Å². The predicted molar refractivity (Wildman–Crippen MR) is 75.7 cm³/mol. The van der Waals surface area contributed by atoms with Crippen LogP contribution < -0.4 is 9.96 Å². The summed E-state index contributed by atoms with van der Waals surface area (Å²) < 4.78 is 6.82. The maximum absolute atomic E-state index is 9.08. The maximum atomic E-state index is 9.08. The van der Waals surface area contributed by atoms with Crippen LogP contribution in [-0.2, 0) is 4.12 Å². The Balaban J connectivity index is 2.89. The second-order valence-corrected chi connectivity index (χ2v) is 14.9. The van der Waals surface area contributed by atoms with Gasteiger partial charge < -0.3 is 14.2 Å². The summed E-state index contributed by atoms with van der Waals surface area (Å²) >= 11 is 1.38. The standard InChI is InChI=1S/C9H19BO3SSi2/c1-15(2,3)13-16(4,5)8-6-9(10(11)12)14-7-8/h6-7,11-12H,1-5H3. The van der Waals surface area contributed by atoms with Crippen molar-refractivity contribution in [2.24, 2.45) is 0 Å². The van der Waals surface area contributed by atoms with Crippen molar-refractivity contribution in [2.45, 2.75) is 32.7 Å². The highest BCUT2D eigenvalue weighted by atomic mass is 32.1. The van der Waals surface area contributed by atoms with Crippen LogP contribution >= 0.6 is 11.3 Å². The third-order valence-corrected chi connectivity index (χ3v) is 9.48. The summed E-state index contributed by atoms with van der Waals surface area (Å²) in [4.78, 5) is 0. The second-order valence-electron chi connectivity index (χ2n) is 5.34. The van der Waals surface area contributed by atoms with Gasteiger partial charge in [0.1, 0.15) is 0 Å². The van der Waals surface area contributed by atoms with E-state index in [1.165, 1.54) is 11.3 Å². The van der Waals surface area contributed by atoms with Gasteiger partial charge >= 0.3 is 7.12 Å². The Hall–Kier alpha value is 0.0787. The van der Waals surface area contributed by atoms with Crippen molar-refractivity contribution in [3.05, 3.63) is 11.4 Å². The number of rotatable bonds is 4. The lowest BCUT2D eigenvalue weighted by atomic mass is 9.90. The minimum atomic E-state index is -1.89. The Kier molecular flexibility index (Phi) is 4.20. The number of thiophene rings is 1. The molecule has 1 aromatic rings. The summed E-state index contributed by atoms with van der Waals surface area (Å²) in [7, 11) is -4.81. The molecule has 0 aromatic carbocycles. The Bertz CT molecular complexity index is 360. The molecule has 16 heavy (non-hydrogen) atoms. The molecule has 2 N–H and O–H groups in total. The van der Waals surface area contributed by atoms with Crippen molar-refractivity contribution in [1.82, 2.24) is 0 Å². The molecule has 90 valence electrons. The highest BCUT2D eigenvalue weighted by Gasteiger charge is 2.33. The lowest BCUT2D eigenvalue weighted by molar-refractivity contribution is 0.427. The molecule has 1 rings (SSSR count). The van der Waals surface area contributed by atoms with E-state index in [-0.39, 0.29) is 0 Å². The number of hydrogen-bond acceptors (Lipinski definition) is 4. The molecule has 0 saturated heterocycles. The third kappa shape index (κ3) is 3.83. The molecule has 0 spiro atoms. The van der Waals surface area contributed by atoms with Gasteiger partial charge in [0, 0.05) is 4.78 Å². The lowest BCUT2D eigenvalue weighted by Gasteiger charge is -2.31. The molecule has 0 radical (unpaired) electrons. The Morgan fingerprint density at radius 2 is 1.75 bits per heavy atom. The van der Waals surface area contributed by atoms with Crippen LogP contribution in [0, 0.1) is 0 Å². The summed E-state index contributed by atoms with van der Waals surface area (Å²) in [5, 5.41) is 21.3. The minimum Gasteiger partial charge on any atom is -0.452 e. The molecule has 0 aliphatic carbocycles. The smallest absolute Gasteiger partial charge is 0.452 e. The van der Waals surface area contributed by atoms with Crippen LogP contribution in [0.4, 0.5) is 0 Å². The second kappa shape index (κ2) is 4.75. The van der Waals surface area contributed by atoms with E-state index in [0.717, 1.165) is 5.19 Å². The normalized spacial score (nSPS) is 12.9. The van der Waals surface area contributed by atoms with Gasteiger partial charge in [-0.2, -0.15) is 11.3 Å². The largest absolute Gasteiger partial charge is 0.499 e. The van der Waals surface area contributed by atoms with Gasteiger partial charge in [0.2, 0.25) is 8.32 Å². The third-order valence-electron chi connectivity index (χ3n) is 2.13. The van der Waals surface area contributed by atoms with Crippen LogP contribution in [0.1, 0.15) is 0 Å². The molecule has 0 unspecified atom stereocenters. The van der Waals surface area contributed by atoms with Gasteiger partial charge in [-0.15, -0.1) is 0 Å². The molecular weight excluding hydrogens is 255 g/mol. The molecular formula is C9H19BO3SSi2. The van der Waals surface area contributed by atoms with Crippen LogP contribution in [-0.4, -0.2) is 33.8 Å². The predicted octanol–water partition coefficient (Wildman–Crippen LogP) is 0.691. The van der Waals surface area contributed by atoms with Gasteiger partial charge in [-0.25, -0.2) is 0 Å². The Morgan fingerprint density at radius 1 is 1.19 bits per heavy atom. The topological polar surface area (TPSA) is 49.7 Å². The molecule has 0 atom stereocenters. The zero-order chi connectivity index (χ0) is 12.6. The molecule has 3 nitrogen and oxygen atoms in total. The Morgan fingerprint density at radius 3 is 2.12 bits per heavy atom. The highest BCUT2D eigenvalue weighted by Crippen LogP contribution is 2.15. The van der Waals surface area contributed by atoms with E-state index in [1.54, 1.807) is 0 Å². The summed E-state index contributed by atoms with van der Waals surface area (Å²) in [6.07, 6.45) is 0. The van der Waals surface area contributed by atoms with Crippen LogP contribution in [0.3, 0.4) is 0 Å². The molecule has 0 fully saturated rings. The van der Waals surface area contributed by atoms with Crippen molar-refractivity contribution < 1.29 is 14.2 Å². The first-order chi connectivity index (χ1) is 7.12. The fourth-order valence-corrected chi connectivity index (χ4v) is 10.8. The fourth-order valence-electron chi connectivity index (χ4n) is 1.63. The highest BCUT2D eigenvalue weighted by molar-refractivity contribution is 7.22. The molecule has 7 heteroatoms. The fraction of sp³-hybridized carbons (Fsp3) is 0.556. The summed E-state index contributed by atoms with van der Waals surface area (Å²) in [6.45, 7) is 10.8. The quantitative estimate of drug-likeness (QED) is 0.794. The van der Waals surface area contributed by atoms with Gasteiger partial charge in [0.05, 0.1) is 0 Å². The molecule has 0 saturated carbocycles. The average molecular weight is 274 g/mol. The number of hydrogen-bond donors (Lipinski definition) is 2. The maximum Gasteiger partial charge on any atom is 0.499 e. The minimum absolute atomic E-state index is 0.592. The summed E-state index contributed by atoms with van der Waals surface area (Å²) in [5.41, 5.74) is 0. The first-order valence-corrected chi connectivity index (χ1v) is 12.5. The lowest BCUT2D eigenvalue weighted by Crippen LogP contribution is -2.51. The van der Waals surface area contributed by atoms with E-state index in [4.69, 9.17) is 14.2 Å². The van der Waals surface area contributed by atoms with Gasteiger partial charge in [-0.3, -0.25) is 0 Å². The van der Waals surface area contributed by atoms with Crippen LogP contribution in [0.2, 0.25) is 32.7 Å². The molecule has 1 aromatic heterocycles. The van der Waals surface area contributed by atoms with Crippen LogP contribution in [0.15, 0.2) is 11.4 Å². The van der Waals surface area contributed by atoms with E-state index >= 15 is 0 Å². The first-order valence-electron chi connectivity index (χ1n) is 5.27. The van der Waals surface area contributed by atoms with E-state index in [0.29, 0.717) is 4.78 Å². The molecule has 1 heterocycles. The van der Waals surface area contributed by atoms with Crippen molar-refractivity contribution in [2.75, 3.05) is 0 Å². The van der Waals surface area contributed by atoms with E-state index in [2.05, 4.69) is 32.7 Å². The van der Waals surface area contributed by atoms with Crippen molar-refractivity contribution in [3.63, 3.8) is 0 Å². The molecule has 0 bridgehead atoms. The first kappa shape index (κ1) is 14.1. The van der Waals surface area contributed by atoms with Crippen LogP contribution in [0.5, 0.6) is 0 Å². The van der Waals surface area contributed by atoms with E-state index in [1.807, 2.05) is 11.4 Å².